The van der Waals surface area contributed by atoms with E-state index in [9.17, 15) is 13.2 Å². The van der Waals surface area contributed by atoms with Gasteiger partial charge in [-0.25, -0.2) is 8.42 Å². The molecule has 0 unspecified atom stereocenters. The quantitative estimate of drug-likeness (QED) is 0.741. The minimum atomic E-state index is -3.26. The summed E-state index contributed by atoms with van der Waals surface area (Å²) in [6, 6.07) is 0. The number of carbonyl (C=O) groups is 1. The van der Waals surface area contributed by atoms with E-state index >= 15 is 0 Å². The monoisotopic (exact) mass is 333 g/mol. The highest BCUT2D eigenvalue weighted by atomic mass is 32.2. The molecule has 7 heteroatoms. The number of carbonyl (C=O) groups excluding carboxylic acids is 1. The van der Waals surface area contributed by atoms with Crippen molar-refractivity contribution < 1.29 is 22.7 Å². The zero-order valence-electron chi connectivity index (χ0n) is 13.5. The summed E-state index contributed by atoms with van der Waals surface area (Å²) >= 11 is 0. The molecule has 0 bridgehead atoms. The summed E-state index contributed by atoms with van der Waals surface area (Å²) in [5.41, 5.74) is 0.176. The first-order chi connectivity index (χ1) is 10.4. The number of rotatable bonds is 5. The van der Waals surface area contributed by atoms with Gasteiger partial charge in [0.25, 0.3) is 0 Å². The summed E-state index contributed by atoms with van der Waals surface area (Å²) in [7, 11) is -3.26. The Morgan fingerprint density at radius 2 is 2.00 bits per heavy atom. The molecule has 6 nitrogen and oxygen atoms in total. The van der Waals surface area contributed by atoms with Crippen molar-refractivity contribution in [2.75, 3.05) is 51.5 Å². The van der Waals surface area contributed by atoms with Crippen molar-refractivity contribution in [2.45, 2.75) is 26.2 Å². The molecule has 0 aromatic heterocycles. The van der Waals surface area contributed by atoms with E-state index in [1.807, 2.05) is 6.92 Å². The second kappa shape index (κ2) is 7.27. The highest BCUT2D eigenvalue weighted by Gasteiger charge is 2.44. The van der Waals surface area contributed by atoms with Gasteiger partial charge >= 0.3 is 0 Å². The first-order valence-electron chi connectivity index (χ1n) is 7.97. The number of hydrogen-bond acceptors (Lipinski definition) is 5. The maximum atomic E-state index is 12.0. The van der Waals surface area contributed by atoms with Gasteiger partial charge in [-0.05, 0) is 31.6 Å². The Morgan fingerprint density at radius 1 is 1.32 bits per heavy atom. The molecule has 1 spiro atoms. The van der Waals surface area contributed by atoms with E-state index in [0.29, 0.717) is 32.2 Å². The van der Waals surface area contributed by atoms with E-state index in [4.69, 9.17) is 9.47 Å². The molecule has 2 aliphatic rings. The smallest absolute Gasteiger partial charge is 0.237 e. The average molecular weight is 333 g/mol. The third kappa shape index (κ3) is 4.43. The largest absolute Gasteiger partial charge is 0.381 e. The van der Waals surface area contributed by atoms with Gasteiger partial charge in [0.2, 0.25) is 5.91 Å². The SMILES string of the molecule is CCOC[C@H]1COCCC12CCN(C(=O)CS(C)(=O)=O)CC2. The molecule has 0 N–H and O–H groups in total. The van der Waals surface area contributed by atoms with Gasteiger partial charge in [-0.1, -0.05) is 0 Å². The Morgan fingerprint density at radius 3 is 2.59 bits per heavy atom. The Balaban J connectivity index is 1.95. The Kier molecular flexibility index (Phi) is 5.85. The summed E-state index contributed by atoms with van der Waals surface area (Å²) < 4.78 is 33.7. The standard InChI is InChI=1S/C15H27NO5S/c1-3-20-10-13-11-21-9-6-15(13)4-7-16(8-5-15)14(17)12-22(2,18)19/h13H,3-12H2,1-2H3/t13-/m0/s1. The molecule has 0 aromatic carbocycles. The van der Waals surface area contributed by atoms with Crippen LogP contribution in [-0.2, 0) is 24.1 Å². The summed E-state index contributed by atoms with van der Waals surface area (Å²) in [5.74, 6) is -0.287. The number of likely N-dealkylation sites (tertiary alicyclic amines) is 1. The van der Waals surface area contributed by atoms with E-state index in [0.717, 1.165) is 38.7 Å². The lowest BCUT2D eigenvalue weighted by Crippen LogP contribution is -2.51. The van der Waals surface area contributed by atoms with Gasteiger partial charge in [-0.2, -0.15) is 0 Å². The fourth-order valence-electron chi connectivity index (χ4n) is 3.54. The number of hydrogen-bond donors (Lipinski definition) is 0. The van der Waals surface area contributed by atoms with Crippen molar-refractivity contribution in [1.29, 1.82) is 0 Å². The number of amides is 1. The molecule has 2 saturated heterocycles. The van der Waals surface area contributed by atoms with E-state index in [-0.39, 0.29) is 17.1 Å². The molecule has 1 atom stereocenters. The van der Waals surface area contributed by atoms with Gasteiger partial charge in [0, 0.05) is 38.5 Å². The first kappa shape index (κ1) is 17.7. The topological polar surface area (TPSA) is 72.9 Å². The van der Waals surface area contributed by atoms with Crippen LogP contribution in [0.15, 0.2) is 0 Å². The fourth-order valence-corrected chi connectivity index (χ4v) is 4.17. The summed E-state index contributed by atoms with van der Waals surface area (Å²) in [6.07, 6.45) is 3.92. The van der Waals surface area contributed by atoms with Crippen molar-refractivity contribution in [3.05, 3.63) is 0 Å². The van der Waals surface area contributed by atoms with Crippen molar-refractivity contribution in [2.24, 2.45) is 11.3 Å². The van der Waals surface area contributed by atoms with Crippen molar-refractivity contribution in [3.8, 4) is 0 Å². The minimum Gasteiger partial charge on any atom is -0.381 e. The van der Waals surface area contributed by atoms with E-state index in [2.05, 4.69) is 0 Å². The Hall–Kier alpha value is -0.660. The predicted molar refractivity (Wildman–Crippen MR) is 83.4 cm³/mol. The summed E-state index contributed by atoms with van der Waals surface area (Å²) in [6.45, 7) is 6.15. The van der Waals surface area contributed by atoms with Gasteiger partial charge in [-0.15, -0.1) is 0 Å². The lowest BCUT2D eigenvalue weighted by atomic mass is 9.66. The number of sulfone groups is 1. The van der Waals surface area contributed by atoms with Crippen LogP contribution in [0.1, 0.15) is 26.2 Å². The van der Waals surface area contributed by atoms with Crippen LogP contribution in [0.2, 0.25) is 0 Å². The lowest BCUT2D eigenvalue weighted by molar-refractivity contribution is -0.136. The van der Waals surface area contributed by atoms with Gasteiger partial charge in [0.15, 0.2) is 9.84 Å². The van der Waals surface area contributed by atoms with Crippen LogP contribution < -0.4 is 0 Å². The number of piperidine rings is 1. The molecule has 0 aliphatic carbocycles. The Bertz CT molecular complexity index is 482. The van der Waals surface area contributed by atoms with Crippen LogP contribution in [0.5, 0.6) is 0 Å². The van der Waals surface area contributed by atoms with Gasteiger partial charge in [0.1, 0.15) is 5.75 Å². The van der Waals surface area contributed by atoms with Gasteiger partial charge in [-0.3, -0.25) is 4.79 Å². The molecule has 0 saturated carbocycles. The molecule has 22 heavy (non-hydrogen) atoms. The van der Waals surface area contributed by atoms with Gasteiger partial charge < -0.3 is 14.4 Å². The molecule has 2 rings (SSSR count). The second-order valence-electron chi connectivity index (χ2n) is 6.49. The van der Waals surface area contributed by atoms with E-state index in [1.54, 1.807) is 4.90 Å². The highest BCUT2D eigenvalue weighted by molar-refractivity contribution is 7.91. The molecule has 128 valence electrons. The van der Waals surface area contributed by atoms with Crippen LogP contribution >= 0.6 is 0 Å². The van der Waals surface area contributed by atoms with Crippen LogP contribution in [0.3, 0.4) is 0 Å². The maximum absolute atomic E-state index is 12.0. The van der Waals surface area contributed by atoms with Crippen LogP contribution in [0, 0.1) is 11.3 Å². The fraction of sp³-hybridized carbons (Fsp3) is 0.933. The molecular formula is C15H27NO5S. The van der Waals surface area contributed by atoms with Crippen LogP contribution in [0.4, 0.5) is 0 Å². The summed E-state index contributed by atoms with van der Waals surface area (Å²) in [4.78, 5) is 13.7. The normalized spacial score (nSPS) is 25.4. The van der Waals surface area contributed by atoms with Gasteiger partial charge in [0.05, 0.1) is 13.2 Å². The first-order valence-corrected chi connectivity index (χ1v) is 10.0. The third-order valence-electron chi connectivity index (χ3n) is 4.95. The second-order valence-corrected chi connectivity index (χ2v) is 8.63. The average Bonchev–Trinajstić information content (AvgIpc) is 2.45. The molecule has 0 aromatic rings. The number of nitrogens with zero attached hydrogens (tertiary/aromatic N) is 1. The predicted octanol–water partition coefficient (Wildman–Crippen LogP) is 0.713. The Labute approximate surface area is 133 Å². The maximum Gasteiger partial charge on any atom is 0.237 e. The van der Waals surface area contributed by atoms with Crippen molar-refractivity contribution in [3.63, 3.8) is 0 Å². The van der Waals surface area contributed by atoms with Crippen molar-refractivity contribution >= 4 is 15.7 Å². The minimum absolute atomic E-state index is 0.176. The third-order valence-corrected chi connectivity index (χ3v) is 5.72. The van der Waals surface area contributed by atoms with E-state index in [1.165, 1.54) is 0 Å². The van der Waals surface area contributed by atoms with Crippen LogP contribution in [-0.4, -0.2) is 70.8 Å². The molecular weight excluding hydrogens is 306 g/mol. The zero-order valence-corrected chi connectivity index (χ0v) is 14.4. The zero-order chi connectivity index (χ0) is 16.2. The molecule has 0 radical (unpaired) electrons. The van der Waals surface area contributed by atoms with Crippen LogP contribution in [0.25, 0.3) is 0 Å². The number of ether oxygens (including phenoxy) is 2. The highest BCUT2D eigenvalue weighted by Crippen LogP contribution is 2.44. The molecule has 2 aliphatic heterocycles. The molecule has 2 fully saturated rings. The van der Waals surface area contributed by atoms with Crippen molar-refractivity contribution in [1.82, 2.24) is 4.90 Å². The summed E-state index contributed by atoms with van der Waals surface area (Å²) in [5, 5.41) is 0. The molecule has 2 heterocycles. The lowest BCUT2D eigenvalue weighted by Gasteiger charge is -2.49. The molecule has 1 amide bonds. The van der Waals surface area contributed by atoms with E-state index < -0.39 is 9.84 Å².